The van der Waals surface area contributed by atoms with E-state index in [4.69, 9.17) is 0 Å². The van der Waals surface area contributed by atoms with Crippen LogP contribution in [-0.2, 0) is 6.54 Å². The third kappa shape index (κ3) is 3.22. The van der Waals surface area contributed by atoms with Crippen molar-refractivity contribution < 1.29 is 9.18 Å². The first kappa shape index (κ1) is 15.2. The summed E-state index contributed by atoms with van der Waals surface area (Å²) in [6.07, 6.45) is 4.03. The quantitative estimate of drug-likeness (QED) is 0.898. The molecule has 1 aliphatic rings. The topological polar surface area (TPSA) is 79.2 Å². The van der Waals surface area contributed by atoms with Crippen LogP contribution in [0.2, 0.25) is 0 Å². The molecule has 3 heterocycles. The number of aromatic nitrogens is 4. The van der Waals surface area contributed by atoms with Crippen LogP contribution >= 0.6 is 0 Å². The first-order chi connectivity index (χ1) is 11.0. The lowest BCUT2D eigenvalue weighted by Crippen LogP contribution is -2.45. The average Bonchev–Trinajstić information content (AvgIpc) is 3.01. The van der Waals surface area contributed by atoms with Gasteiger partial charge in [-0.2, -0.15) is 5.10 Å². The Morgan fingerprint density at radius 3 is 2.87 bits per heavy atom. The highest BCUT2D eigenvalue weighted by atomic mass is 19.1. The highest BCUT2D eigenvalue weighted by Crippen LogP contribution is 2.22. The van der Waals surface area contributed by atoms with Gasteiger partial charge in [0.15, 0.2) is 5.82 Å². The summed E-state index contributed by atoms with van der Waals surface area (Å²) in [6.45, 7) is 1.60. The first-order valence-corrected chi connectivity index (χ1v) is 7.24. The van der Waals surface area contributed by atoms with Crippen LogP contribution < -0.4 is 10.2 Å². The molecule has 0 aliphatic carbocycles. The molecule has 2 aromatic rings. The number of rotatable bonds is 3. The minimum atomic E-state index is -0.467. The van der Waals surface area contributed by atoms with Crippen molar-refractivity contribution in [3.05, 3.63) is 36.2 Å². The van der Waals surface area contributed by atoms with E-state index in [9.17, 15) is 9.18 Å². The number of nitrogens with one attached hydrogen (secondary N) is 1. The molecule has 0 fully saturated rings. The zero-order valence-corrected chi connectivity index (χ0v) is 13.0. The molecule has 2 aromatic heterocycles. The molecule has 0 bridgehead atoms. The second kappa shape index (κ2) is 6.19. The van der Waals surface area contributed by atoms with Gasteiger partial charge in [-0.3, -0.25) is 4.68 Å². The molecular weight excluding hydrogens is 301 g/mol. The molecule has 1 N–H and O–H groups in total. The lowest BCUT2D eigenvalue weighted by molar-refractivity contribution is 0.214. The van der Waals surface area contributed by atoms with Gasteiger partial charge in [0.05, 0.1) is 30.7 Å². The monoisotopic (exact) mass is 319 g/mol. The highest BCUT2D eigenvalue weighted by Gasteiger charge is 2.27. The molecule has 2 amide bonds. The van der Waals surface area contributed by atoms with Gasteiger partial charge in [0.25, 0.3) is 0 Å². The summed E-state index contributed by atoms with van der Waals surface area (Å²) in [6, 6.07) is 1.70. The molecule has 1 atom stereocenters. The van der Waals surface area contributed by atoms with Crippen LogP contribution in [0.1, 0.15) is 11.7 Å². The number of anilines is 1. The molecule has 23 heavy (non-hydrogen) atoms. The van der Waals surface area contributed by atoms with E-state index in [1.54, 1.807) is 20.3 Å². The standard InChI is InChI=1S/C14H18FN7O/c1-20(2)14(23)18-7-12-9-21(8-11-3-4-19-22(11)12)13-16-5-10(15)6-17-13/h3-6,12H,7-9H2,1-2H3,(H,18,23). The summed E-state index contributed by atoms with van der Waals surface area (Å²) < 4.78 is 14.9. The normalized spacial score (nSPS) is 16.8. The van der Waals surface area contributed by atoms with Gasteiger partial charge >= 0.3 is 6.03 Å². The van der Waals surface area contributed by atoms with Gasteiger partial charge in [0, 0.05) is 33.4 Å². The van der Waals surface area contributed by atoms with Crippen molar-refractivity contribution >= 4 is 12.0 Å². The van der Waals surface area contributed by atoms with Crippen molar-refractivity contribution in [3.8, 4) is 0 Å². The van der Waals surface area contributed by atoms with E-state index in [1.165, 1.54) is 4.90 Å². The molecule has 1 aliphatic heterocycles. The third-order valence-electron chi connectivity index (χ3n) is 3.67. The molecule has 0 saturated heterocycles. The number of urea groups is 1. The first-order valence-electron chi connectivity index (χ1n) is 7.24. The summed E-state index contributed by atoms with van der Waals surface area (Å²) in [5.41, 5.74) is 0.994. The van der Waals surface area contributed by atoms with Crippen LogP contribution in [0.4, 0.5) is 15.1 Å². The predicted octanol–water partition coefficient (Wildman–Crippen LogP) is 0.645. The van der Waals surface area contributed by atoms with E-state index in [2.05, 4.69) is 20.4 Å². The molecule has 0 aromatic carbocycles. The number of halogens is 1. The van der Waals surface area contributed by atoms with Crippen molar-refractivity contribution in [3.63, 3.8) is 0 Å². The SMILES string of the molecule is CN(C)C(=O)NCC1CN(c2ncc(F)cn2)Cc2ccnn21. The molecule has 8 nitrogen and oxygen atoms in total. The van der Waals surface area contributed by atoms with Crippen LogP contribution in [0.3, 0.4) is 0 Å². The van der Waals surface area contributed by atoms with Gasteiger partial charge in [-0.25, -0.2) is 19.2 Å². The Morgan fingerprint density at radius 2 is 2.17 bits per heavy atom. The lowest BCUT2D eigenvalue weighted by Gasteiger charge is -2.34. The fourth-order valence-corrected chi connectivity index (χ4v) is 2.52. The number of hydrogen-bond acceptors (Lipinski definition) is 5. The lowest BCUT2D eigenvalue weighted by atomic mass is 10.2. The minimum absolute atomic E-state index is 0.0497. The smallest absolute Gasteiger partial charge is 0.316 e. The number of carbonyl (C=O) groups is 1. The zero-order valence-electron chi connectivity index (χ0n) is 13.0. The number of nitrogens with zero attached hydrogens (tertiary/aromatic N) is 6. The Balaban J connectivity index is 1.77. The molecule has 9 heteroatoms. The van der Waals surface area contributed by atoms with Crippen molar-refractivity contribution in [1.29, 1.82) is 0 Å². The maximum Gasteiger partial charge on any atom is 0.316 e. The van der Waals surface area contributed by atoms with Gasteiger partial charge in [0.2, 0.25) is 5.95 Å². The van der Waals surface area contributed by atoms with E-state index in [0.29, 0.717) is 25.6 Å². The van der Waals surface area contributed by atoms with Crippen LogP contribution in [0.15, 0.2) is 24.7 Å². The van der Waals surface area contributed by atoms with Crippen molar-refractivity contribution in [2.75, 3.05) is 32.1 Å². The summed E-state index contributed by atoms with van der Waals surface area (Å²) in [7, 11) is 3.38. The van der Waals surface area contributed by atoms with Crippen molar-refractivity contribution in [2.24, 2.45) is 0 Å². The van der Waals surface area contributed by atoms with E-state index in [1.807, 2.05) is 15.6 Å². The van der Waals surface area contributed by atoms with Crippen LogP contribution in [0.25, 0.3) is 0 Å². The summed E-state index contributed by atoms with van der Waals surface area (Å²) in [5.74, 6) is -0.00613. The number of carbonyl (C=O) groups excluding carboxylic acids is 1. The summed E-state index contributed by atoms with van der Waals surface area (Å²) >= 11 is 0. The Labute approximate surface area is 132 Å². The molecule has 0 spiro atoms. The predicted molar refractivity (Wildman–Crippen MR) is 81.4 cm³/mol. The van der Waals surface area contributed by atoms with E-state index < -0.39 is 5.82 Å². The molecule has 1 unspecified atom stereocenters. The summed E-state index contributed by atoms with van der Waals surface area (Å²) in [5, 5.41) is 7.19. The van der Waals surface area contributed by atoms with Gasteiger partial charge in [0.1, 0.15) is 0 Å². The van der Waals surface area contributed by atoms with E-state index in [-0.39, 0.29) is 12.1 Å². The van der Waals surface area contributed by atoms with E-state index in [0.717, 1.165) is 18.1 Å². The number of fused-ring (bicyclic) bond motifs is 1. The second-order valence-corrected chi connectivity index (χ2v) is 5.58. The van der Waals surface area contributed by atoms with Gasteiger partial charge in [-0.15, -0.1) is 0 Å². The summed E-state index contributed by atoms with van der Waals surface area (Å²) in [4.78, 5) is 23.2. The Kier molecular flexibility index (Phi) is 4.09. The zero-order chi connectivity index (χ0) is 16.4. The van der Waals surface area contributed by atoms with Crippen LogP contribution in [0.5, 0.6) is 0 Å². The van der Waals surface area contributed by atoms with E-state index >= 15 is 0 Å². The molecule has 0 radical (unpaired) electrons. The average molecular weight is 319 g/mol. The second-order valence-electron chi connectivity index (χ2n) is 5.58. The molecular formula is C14H18FN7O. The Hall–Kier alpha value is -2.71. The highest BCUT2D eigenvalue weighted by molar-refractivity contribution is 5.73. The van der Waals surface area contributed by atoms with Gasteiger partial charge in [-0.1, -0.05) is 0 Å². The fraction of sp³-hybridized carbons (Fsp3) is 0.429. The number of amides is 2. The van der Waals surface area contributed by atoms with Crippen LogP contribution in [-0.4, -0.2) is 57.9 Å². The molecule has 122 valence electrons. The Morgan fingerprint density at radius 1 is 1.43 bits per heavy atom. The number of hydrogen-bond donors (Lipinski definition) is 1. The minimum Gasteiger partial charge on any atom is -0.336 e. The maximum atomic E-state index is 13.0. The van der Waals surface area contributed by atoms with Crippen molar-refractivity contribution in [1.82, 2.24) is 30.0 Å². The van der Waals surface area contributed by atoms with Crippen LogP contribution in [0, 0.1) is 5.82 Å². The fourth-order valence-electron chi connectivity index (χ4n) is 2.52. The molecule has 0 saturated carbocycles. The Bertz CT molecular complexity index is 685. The van der Waals surface area contributed by atoms with Gasteiger partial charge < -0.3 is 15.1 Å². The van der Waals surface area contributed by atoms with Crippen molar-refractivity contribution in [2.45, 2.75) is 12.6 Å². The van der Waals surface area contributed by atoms with Gasteiger partial charge in [-0.05, 0) is 6.07 Å². The molecule has 3 rings (SSSR count). The third-order valence-corrected chi connectivity index (χ3v) is 3.67. The maximum absolute atomic E-state index is 13.0. The largest absolute Gasteiger partial charge is 0.336 e.